The van der Waals surface area contributed by atoms with Gasteiger partial charge in [0.05, 0.1) is 0 Å². The molecule has 0 saturated carbocycles. The summed E-state index contributed by atoms with van der Waals surface area (Å²) in [6.45, 7) is 5.70. The molecule has 0 aromatic heterocycles. The van der Waals surface area contributed by atoms with Crippen molar-refractivity contribution in [1.29, 1.82) is 0 Å². The summed E-state index contributed by atoms with van der Waals surface area (Å²) in [5.41, 5.74) is 3.75. The van der Waals surface area contributed by atoms with Gasteiger partial charge in [0.15, 0.2) is 5.78 Å². The van der Waals surface area contributed by atoms with Gasteiger partial charge in [-0.05, 0) is 37.3 Å². The van der Waals surface area contributed by atoms with E-state index in [4.69, 9.17) is 0 Å². The lowest BCUT2D eigenvalue weighted by Crippen LogP contribution is -2.43. The zero-order valence-electron chi connectivity index (χ0n) is 11.3. The Labute approximate surface area is 109 Å². The van der Waals surface area contributed by atoms with E-state index in [0.29, 0.717) is 24.3 Å². The lowest BCUT2D eigenvalue weighted by Gasteiger charge is -2.43. The van der Waals surface area contributed by atoms with Crippen LogP contribution < -0.4 is 0 Å². The van der Waals surface area contributed by atoms with E-state index in [0.717, 1.165) is 24.9 Å². The monoisotopic (exact) mass is 243 g/mol. The van der Waals surface area contributed by atoms with Crippen LogP contribution in [-0.2, 0) is 6.42 Å². The maximum absolute atomic E-state index is 12.1. The number of carbonyl (C=O) groups is 1. The highest BCUT2D eigenvalue weighted by Gasteiger charge is 2.35. The third-order valence-electron chi connectivity index (χ3n) is 4.67. The van der Waals surface area contributed by atoms with Crippen LogP contribution in [0.1, 0.15) is 60.6 Å². The van der Waals surface area contributed by atoms with E-state index < -0.39 is 0 Å². The first-order valence-electron chi connectivity index (χ1n) is 7.13. The third kappa shape index (κ3) is 1.71. The molecule has 2 heteroatoms. The molecule has 18 heavy (non-hydrogen) atoms. The summed E-state index contributed by atoms with van der Waals surface area (Å²) in [6, 6.07) is 7.38. The van der Waals surface area contributed by atoms with Crippen molar-refractivity contribution in [3.8, 4) is 0 Å². The van der Waals surface area contributed by atoms with Gasteiger partial charge in [-0.25, -0.2) is 0 Å². The number of Topliss-reactive ketones (excluding diaryl/α,β-unsaturated/α-hetero) is 1. The van der Waals surface area contributed by atoms with Gasteiger partial charge in [-0.2, -0.15) is 0 Å². The lowest BCUT2D eigenvalue weighted by molar-refractivity contribution is 0.0858. The predicted molar refractivity (Wildman–Crippen MR) is 72.9 cm³/mol. The van der Waals surface area contributed by atoms with Crippen molar-refractivity contribution in [2.45, 2.75) is 51.6 Å². The summed E-state index contributed by atoms with van der Waals surface area (Å²) in [7, 11) is 0. The Kier molecular flexibility index (Phi) is 2.98. The average molecular weight is 243 g/mol. The maximum atomic E-state index is 12.1. The molecule has 0 spiro atoms. The summed E-state index contributed by atoms with van der Waals surface area (Å²) in [4.78, 5) is 14.7. The number of rotatable bonds is 2. The smallest absolute Gasteiger partial charge is 0.163 e. The molecule has 96 valence electrons. The van der Waals surface area contributed by atoms with Crippen LogP contribution in [0.4, 0.5) is 0 Å². The fourth-order valence-corrected chi connectivity index (χ4v) is 3.51. The largest absolute Gasteiger partial charge is 0.294 e. The molecule has 1 aromatic carbocycles. The summed E-state index contributed by atoms with van der Waals surface area (Å²) >= 11 is 0. The van der Waals surface area contributed by atoms with Gasteiger partial charge in [-0.1, -0.05) is 25.1 Å². The van der Waals surface area contributed by atoms with Gasteiger partial charge in [0, 0.05) is 30.6 Å². The molecule has 3 rings (SSSR count). The number of nitrogens with zero attached hydrogens (tertiary/aromatic N) is 1. The van der Waals surface area contributed by atoms with Crippen LogP contribution in [0.15, 0.2) is 18.2 Å². The molecule has 1 aromatic rings. The summed E-state index contributed by atoms with van der Waals surface area (Å²) in [5, 5.41) is 0. The van der Waals surface area contributed by atoms with E-state index in [-0.39, 0.29) is 0 Å². The predicted octanol–water partition coefficient (Wildman–Crippen LogP) is 3.36. The molecule has 2 atom stereocenters. The fourth-order valence-electron chi connectivity index (χ4n) is 3.51. The van der Waals surface area contributed by atoms with Gasteiger partial charge >= 0.3 is 0 Å². The second kappa shape index (κ2) is 4.51. The standard InChI is InChI=1S/C16H21NO/c1-3-11(2)17-10-9-12-5-4-6-13-15(18)8-7-14(17)16(12)13/h4-6,11,14H,3,7-10H2,1-2H3. The highest BCUT2D eigenvalue weighted by atomic mass is 16.1. The van der Waals surface area contributed by atoms with E-state index in [1.165, 1.54) is 17.5 Å². The van der Waals surface area contributed by atoms with Gasteiger partial charge in [0.1, 0.15) is 0 Å². The van der Waals surface area contributed by atoms with Crippen LogP contribution in [0.2, 0.25) is 0 Å². The topological polar surface area (TPSA) is 20.3 Å². The molecule has 2 nitrogen and oxygen atoms in total. The van der Waals surface area contributed by atoms with Crippen LogP contribution in [0.3, 0.4) is 0 Å². The quantitative estimate of drug-likeness (QED) is 0.794. The Bertz CT molecular complexity index is 480. The fraction of sp³-hybridized carbons (Fsp3) is 0.562. The number of hydrogen-bond donors (Lipinski definition) is 0. The third-order valence-corrected chi connectivity index (χ3v) is 4.67. The van der Waals surface area contributed by atoms with Crippen LogP contribution in [0, 0.1) is 0 Å². The molecule has 0 bridgehead atoms. The number of benzene rings is 1. The molecule has 0 amide bonds. The van der Waals surface area contributed by atoms with Crippen molar-refractivity contribution < 1.29 is 4.79 Å². The zero-order chi connectivity index (χ0) is 12.7. The van der Waals surface area contributed by atoms with Gasteiger partial charge in [-0.15, -0.1) is 0 Å². The summed E-state index contributed by atoms with van der Waals surface area (Å²) in [5.74, 6) is 0.342. The molecule has 2 unspecified atom stereocenters. The molecule has 2 aliphatic rings. The molecule has 0 saturated heterocycles. The first kappa shape index (κ1) is 11.9. The minimum absolute atomic E-state index is 0.342. The Morgan fingerprint density at radius 2 is 2.22 bits per heavy atom. The SMILES string of the molecule is CCC(C)N1CCc2cccc3c2C1CCC3=O. The van der Waals surface area contributed by atoms with Crippen molar-refractivity contribution >= 4 is 5.78 Å². The summed E-state index contributed by atoms with van der Waals surface area (Å²) in [6.07, 6.45) is 4.00. The number of carbonyl (C=O) groups excluding carboxylic acids is 1. The van der Waals surface area contributed by atoms with Crippen molar-refractivity contribution in [2.75, 3.05) is 6.54 Å². The average Bonchev–Trinajstić information content (AvgIpc) is 2.42. The number of hydrogen-bond acceptors (Lipinski definition) is 2. The Morgan fingerprint density at radius 1 is 1.39 bits per heavy atom. The van der Waals surface area contributed by atoms with Gasteiger partial charge in [0.2, 0.25) is 0 Å². The Balaban J connectivity index is 2.07. The van der Waals surface area contributed by atoms with Gasteiger partial charge < -0.3 is 0 Å². The Morgan fingerprint density at radius 3 is 3.00 bits per heavy atom. The van der Waals surface area contributed by atoms with Gasteiger partial charge in [-0.3, -0.25) is 9.69 Å². The second-order valence-electron chi connectivity index (χ2n) is 5.60. The summed E-state index contributed by atoms with van der Waals surface area (Å²) < 4.78 is 0. The highest BCUT2D eigenvalue weighted by Crippen LogP contribution is 2.40. The first-order valence-corrected chi connectivity index (χ1v) is 7.13. The van der Waals surface area contributed by atoms with Crippen molar-refractivity contribution in [3.63, 3.8) is 0 Å². The van der Waals surface area contributed by atoms with Gasteiger partial charge in [0.25, 0.3) is 0 Å². The Hall–Kier alpha value is -1.15. The molecule has 1 aliphatic heterocycles. The molecular weight excluding hydrogens is 222 g/mol. The molecule has 0 radical (unpaired) electrons. The van der Waals surface area contributed by atoms with E-state index >= 15 is 0 Å². The normalized spacial score (nSPS) is 24.8. The van der Waals surface area contributed by atoms with Crippen molar-refractivity contribution in [1.82, 2.24) is 4.90 Å². The molecule has 0 N–H and O–H groups in total. The van der Waals surface area contributed by atoms with Crippen LogP contribution in [-0.4, -0.2) is 23.3 Å². The minimum atomic E-state index is 0.342. The van der Waals surface area contributed by atoms with E-state index in [9.17, 15) is 4.79 Å². The van der Waals surface area contributed by atoms with Crippen molar-refractivity contribution in [3.05, 3.63) is 34.9 Å². The molecule has 0 fully saturated rings. The maximum Gasteiger partial charge on any atom is 0.163 e. The molecular formula is C16H21NO. The van der Waals surface area contributed by atoms with Crippen LogP contribution in [0.5, 0.6) is 0 Å². The van der Waals surface area contributed by atoms with E-state index in [1.807, 2.05) is 12.1 Å². The minimum Gasteiger partial charge on any atom is -0.294 e. The first-order chi connectivity index (χ1) is 8.72. The molecule has 1 heterocycles. The number of ketones is 1. The van der Waals surface area contributed by atoms with Crippen molar-refractivity contribution in [2.24, 2.45) is 0 Å². The molecule has 1 aliphatic carbocycles. The van der Waals surface area contributed by atoms with E-state index in [1.54, 1.807) is 0 Å². The van der Waals surface area contributed by atoms with Crippen LogP contribution >= 0.6 is 0 Å². The van der Waals surface area contributed by atoms with Crippen LogP contribution in [0.25, 0.3) is 0 Å². The lowest BCUT2D eigenvalue weighted by atomic mass is 9.79. The van der Waals surface area contributed by atoms with E-state index in [2.05, 4.69) is 24.8 Å². The second-order valence-corrected chi connectivity index (χ2v) is 5.60. The highest BCUT2D eigenvalue weighted by molar-refractivity contribution is 5.99. The zero-order valence-corrected chi connectivity index (χ0v) is 11.3.